The number of hydrogen-bond acceptors (Lipinski definition) is 2. The van der Waals surface area contributed by atoms with Gasteiger partial charge in [0.2, 0.25) is 0 Å². The van der Waals surface area contributed by atoms with E-state index >= 15 is 0 Å². The molecule has 1 aromatic rings. The Hall–Kier alpha value is -2.00. The number of carbonyl (C=O) groups excluding carboxylic acids is 1. The van der Waals surface area contributed by atoms with Crippen LogP contribution in [0.3, 0.4) is 0 Å². The van der Waals surface area contributed by atoms with Crippen molar-refractivity contribution in [3.8, 4) is 0 Å². The summed E-state index contributed by atoms with van der Waals surface area (Å²) < 4.78 is 0. The predicted molar refractivity (Wildman–Crippen MR) is 65.0 cm³/mol. The Kier molecular flexibility index (Phi) is 3.62. The molecule has 0 spiro atoms. The Bertz CT molecular complexity index is 442. The molecule has 1 fully saturated rings. The fourth-order valence-corrected chi connectivity index (χ4v) is 2.07. The smallest absolute Gasteiger partial charge is 0.251 e. The largest absolute Gasteiger partial charge is 0.349 e. The molecule has 1 N–H and O–H groups in total. The Labute approximate surface area is 99.5 Å². The molecular weight excluding hydrogens is 216 g/mol. The number of benzene rings is 1. The summed E-state index contributed by atoms with van der Waals surface area (Å²) in [5, 5.41) is 6.46. The van der Waals surface area contributed by atoms with Gasteiger partial charge in [-0.25, -0.2) is 0 Å². The summed E-state index contributed by atoms with van der Waals surface area (Å²) in [4.78, 5) is 14.5. The van der Waals surface area contributed by atoms with Gasteiger partial charge in [0.25, 0.3) is 5.91 Å². The summed E-state index contributed by atoms with van der Waals surface area (Å²) in [5.74, 6) is -0.0515. The molecule has 0 atom stereocenters. The van der Waals surface area contributed by atoms with Crippen molar-refractivity contribution >= 4 is 11.6 Å². The van der Waals surface area contributed by atoms with Crippen LogP contribution < -0.4 is 5.32 Å². The van der Waals surface area contributed by atoms with Gasteiger partial charge in [0, 0.05) is 22.2 Å². The van der Waals surface area contributed by atoms with Crippen LogP contribution in [-0.2, 0) is 0 Å². The summed E-state index contributed by atoms with van der Waals surface area (Å²) in [6.45, 7) is 0. The van der Waals surface area contributed by atoms with E-state index in [-0.39, 0.29) is 5.91 Å². The molecule has 0 unspecified atom stereocenters. The van der Waals surface area contributed by atoms with Gasteiger partial charge in [-0.1, -0.05) is 30.1 Å². The van der Waals surface area contributed by atoms with E-state index < -0.39 is 0 Å². The highest BCUT2D eigenvalue weighted by molar-refractivity contribution is 5.94. The van der Waals surface area contributed by atoms with Crippen molar-refractivity contribution in [3.05, 3.63) is 40.3 Å². The Morgan fingerprint density at radius 2 is 1.94 bits per heavy atom. The van der Waals surface area contributed by atoms with E-state index in [0.717, 1.165) is 12.8 Å². The lowest BCUT2D eigenvalue weighted by molar-refractivity contribution is 0.0938. The number of nitrogens with zero attached hydrogens (tertiary/aromatic N) is 3. The minimum absolute atomic E-state index is 0.0515. The lowest BCUT2D eigenvalue weighted by Gasteiger charge is -2.11. The summed E-state index contributed by atoms with van der Waals surface area (Å²) >= 11 is 0. The van der Waals surface area contributed by atoms with Gasteiger partial charge in [-0.05, 0) is 30.5 Å². The van der Waals surface area contributed by atoms with Crippen LogP contribution in [0.25, 0.3) is 10.4 Å². The molecule has 1 amide bonds. The van der Waals surface area contributed by atoms with Gasteiger partial charge in [-0.3, -0.25) is 4.79 Å². The number of hydrogen-bond donors (Lipinski definition) is 1. The van der Waals surface area contributed by atoms with Crippen LogP contribution in [0.15, 0.2) is 29.4 Å². The molecular formula is C12H14N4O. The number of rotatable bonds is 3. The molecule has 1 aliphatic carbocycles. The number of amides is 1. The minimum atomic E-state index is -0.0515. The molecule has 5 nitrogen and oxygen atoms in total. The first-order valence-corrected chi connectivity index (χ1v) is 5.75. The summed E-state index contributed by atoms with van der Waals surface area (Å²) in [6.07, 6.45) is 4.53. The molecule has 2 rings (SSSR count). The van der Waals surface area contributed by atoms with E-state index in [1.54, 1.807) is 24.3 Å². The molecule has 0 bridgehead atoms. The highest BCUT2D eigenvalue weighted by Gasteiger charge is 2.17. The molecule has 5 heteroatoms. The van der Waals surface area contributed by atoms with Gasteiger partial charge in [0.1, 0.15) is 0 Å². The normalized spacial score (nSPS) is 15.3. The molecule has 0 heterocycles. The van der Waals surface area contributed by atoms with Crippen LogP contribution in [0.4, 0.5) is 5.69 Å². The second-order valence-electron chi connectivity index (χ2n) is 4.19. The number of nitrogens with one attached hydrogen (secondary N) is 1. The monoisotopic (exact) mass is 230 g/mol. The zero-order valence-electron chi connectivity index (χ0n) is 9.47. The van der Waals surface area contributed by atoms with Crippen LogP contribution >= 0.6 is 0 Å². The van der Waals surface area contributed by atoms with Crippen LogP contribution in [0.5, 0.6) is 0 Å². The van der Waals surface area contributed by atoms with E-state index in [9.17, 15) is 4.79 Å². The Balaban J connectivity index is 2.00. The fraction of sp³-hybridized carbons (Fsp3) is 0.417. The Morgan fingerprint density at radius 3 is 2.53 bits per heavy atom. The summed E-state index contributed by atoms with van der Waals surface area (Å²) in [5.41, 5.74) is 9.39. The van der Waals surface area contributed by atoms with Crippen LogP contribution in [0.2, 0.25) is 0 Å². The van der Waals surface area contributed by atoms with Gasteiger partial charge < -0.3 is 5.32 Å². The third-order valence-electron chi connectivity index (χ3n) is 2.98. The van der Waals surface area contributed by atoms with Crippen molar-refractivity contribution in [2.45, 2.75) is 31.7 Å². The topological polar surface area (TPSA) is 77.9 Å². The molecule has 1 saturated carbocycles. The van der Waals surface area contributed by atoms with Gasteiger partial charge in [0.05, 0.1) is 0 Å². The van der Waals surface area contributed by atoms with E-state index in [0.29, 0.717) is 17.3 Å². The highest BCUT2D eigenvalue weighted by Crippen LogP contribution is 2.18. The third-order valence-corrected chi connectivity index (χ3v) is 2.98. The van der Waals surface area contributed by atoms with E-state index in [4.69, 9.17) is 5.53 Å². The van der Waals surface area contributed by atoms with Gasteiger partial charge >= 0.3 is 0 Å². The van der Waals surface area contributed by atoms with Crippen LogP contribution in [0.1, 0.15) is 36.0 Å². The number of azide groups is 1. The molecule has 1 aromatic carbocycles. The van der Waals surface area contributed by atoms with Gasteiger partial charge in [-0.2, -0.15) is 0 Å². The molecule has 0 saturated heterocycles. The molecule has 88 valence electrons. The van der Waals surface area contributed by atoms with Gasteiger partial charge in [0.15, 0.2) is 0 Å². The number of carbonyl (C=O) groups is 1. The first kappa shape index (κ1) is 11.5. The zero-order chi connectivity index (χ0) is 12.1. The van der Waals surface area contributed by atoms with Crippen molar-refractivity contribution in [2.24, 2.45) is 5.11 Å². The summed E-state index contributed by atoms with van der Waals surface area (Å²) in [6, 6.07) is 6.95. The third kappa shape index (κ3) is 2.98. The quantitative estimate of drug-likeness (QED) is 0.482. The minimum Gasteiger partial charge on any atom is -0.349 e. The second-order valence-corrected chi connectivity index (χ2v) is 4.19. The van der Waals surface area contributed by atoms with Crippen LogP contribution in [-0.4, -0.2) is 11.9 Å². The Morgan fingerprint density at radius 1 is 1.29 bits per heavy atom. The van der Waals surface area contributed by atoms with Crippen molar-refractivity contribution < 1.29 is 4.79 Å². The van der Waals surface area contributed by atoms with Crippen molar-refractivity contribution in [1.29, 1.82) is 0 Å². The van der Waals surface area contributed by atoms with E-state index in [2.05, 4.69) is 15.3 Å². The van der Waals surface area contributed by atoms with Gasteiger partial charge in [-0.15, -0.1) is 0 Å². The molecule has 17 heavy (non-hydrogen) atoms. The maximum atomic E-state index is 11.9. The average molecular weight is 230 g/mol. The zero-order valence-corrected chi connectivity index (χ0v) is 9.47. The predicted octanol–water partition coefficient (Wildman–Crippen LogP) is 3.30. The first-order chi connectivity index (χ1) is 8.29. The second kappa shape index (κ2) is 5.37. The lowest BCUT2D eigenvalue weighted by atomic mass is 10.1. The highest BCUT2D eigenvalue weighted by atomic mass is 16.1. The molecule has 0 radical (unpaired) electrons. The van der Waals surface area contributed by atoms with Crippen molar-refractivity contribution in [1.82, 2.24) is 5.32 Å². The maximum absolute atomic E-state index is 11.9. The summed E-state index contributed by atoms with van der Waals surface area (Å²) in [7, 11) is 0. The van der Waals surface area contributed by atoms with E-state index in [1.807, 2.05) is 0 Å². The van der Waals surface area contributed by atoms with E-state index in [1.165, 1.54) is 12.8 Å². The lowest BCUT2D eigenvalue weighted by Crippen LogP contribution is -2.32. The van der Waals surface area contributed by atoms with Crippen molar-refractivity contribution in [2.75, 3.05) is 0 Å². The standard InChI is InChI=1S/C12H14N4O/c13-16-15-11-7-5-9(6-8-11)12(17)14-10-3-1-2-4-10/h5-8,10H,1-4H2,(H,14,17). The molecule has 0 aliphatic heterocycles. The maximum Gasteiger partial charge on any atom is 0.251 e. The first-order valence-electron chi connectivity index (χ1n) is 5.75. The SMILES string of the molecule is [N-]=[N+]=Nc1ccc(C(=O)NC2CCCC2)cc1. The van der Waals surface area contributed by atoms with Crippen molar-refractivity contribution in [3.63, 3.8) is 0 Å². The van der Waals surface area contributed by atoms with Crippen LogP contribution in [0, 0.1) is 0 Å². The fourth-order valence-electron chi connectivity index (χ4n) is 2.07. The molecule has 1 aliphatic rings. The molecule has 0 aromatic heterocycles. The average Bonchev–Trinajstić information content (AvgIpc) is 2.83.